The first-order valence-electron chi connectivity index (χ1n) is 9.28. The van der Waals surface area contributed by atoms with Gasteiger partial charge in [-0.05, 0) is 48.4 Å². The monoisotopic (exact) mass is 393 g/mol. The second-order valence-electron chi connectivity index (χ2n) is 7.31. The molecule has 0 bridgehead atoms. The van der Waals surface area contributed by atoms with Crippen LogP contribution in [0.4, 0.5) is 5.69 Å². The lowest BCUT2D eigenvalue weighted by Crippen LogP contribution is -2.03. The lowest BCUT2D eigenvalue weighted by atomic mass is 9.94. The molecule has 0 radical (unpaired) electrons. The molecule has 0 spiro atoms. The number of hydrogen-bond acceptors (Lipinski definition) is 2. The van der Waals surface area contributed by atoms with Crippen LogP contribution >= 0.6 is 11.6 Å². The molecule has 1 aliphatic heterocycles. The molecule has 1 saturated carbocycles. The molecule has 144 valence electrons. The van der Waals surface area contributed by atoms with Crippen molar-refractivity contribution in [3.63, 3.8) is 0 Å². The number of benzene rings is 2. The predicted octanol–water partition coefficient (Wildman–Crippen LogP) is 5.68. The minimum atomic E-state index is -0.0623. The van der Waals surface area contributed by atoms with Gasteiger partial charge in [-0.3, -0.25) is 4.79 Å². The third-order valence-corrected chi connectivity index (χ3v) is 5.61. The highest BCUT2D eigenvalue weighted by Crippen LogP contribution is 2.48. The summed E-state index contributed by atoms with van der Waals surface area (Å²) < 4.78 is 4.45. The molecule has 0 atom stereocenters. The van der Waals surface area contributed by atoms with E-state index < -0.39 is 0 Å². The summed E-state index contributed by atoms with van der Waals surface area (Å²) in [5, 5.41) is 3.52. The van der Waals surface area contributed by atoms with Gasteiger partial charge in [-0.15, -0.1) is 6.42 Å². The largest absolute Gasteiger partial charge is 0.372 e. The maximum atomic E-state index is 12.0. The van der Waals surface area contributed by atoms with Gasteiger partial charge in [0.15, 0.2) is 0 Å². The van der Waals surface area contributed by atoms with Crippen molar-refractivity contribution in [1.82, 2.24) is 0 Å². The number of fused-ring (bicyclic) bond motifs is 1. The van der Waals surface area contributed by atoms with E-state index in [-0.39, 0.29) is 5.91 Å². The van der Waals surface area contributed by atoms with E-state index >= 15 is 0 Å². The summed E-state index contributed by atoms with van der Waals surface area (Å²) >= 11 is 6.45. The maximum absolute atomic E-state index is 12.0. The highest BCUT2D eigenvalue weighted by molar-refractivity contribution is 6.36. The zero-order valence-corrected chi connectivity index (χ0v) is 17.2. The Morgan fingerprint density at radius 1 is 1.25 bits per heavy atom. The van der Waals surface area contributed by atoms with Crippen LogP contribution in [-0.4, -0.2) is 19.6 Å². The van der Waals surface area contributed by atoms with Crippen LogP contribution in [0.3, 0.4) is 0 Å². The second kappa shape index (κ2) is 8.22. The van der Waals surface area contributed by atoms with E-state index in [4.69, 9.17) is 18.0 Å². The fourth-order valence-corrected chi connectivity index (χ4v) is 3.60. The SMILES string of the molecule is C#CCOC.C/C=C1\C(=O)Nc2cc(Cl)c(-c3ccc(C4(C)CC4)cc3)cc21. The van der Waals surface area contributed by atoms with Gasteiger partial charge in [-0.1, -0.05) is 54.8 Å². The topological polar surface area (TPSA) is 38.3 Å². The number of nitrogens with one attached hydrogen (secondary N) is 1. The standard InChI is InChI=1S/C20H18ClNO.C4H6O/c1-3-14-16-10-15(17(21)11-18(16)22-19(14)23)12-4-6-13(7-5-12)20(2)8-9-20;1-3-4-5-2/h3-7,10-11H,8-9H2,1-2H3,(H,22,23);1H,4H2,2H3/b14-3-;. The van der Waals surface area contributed by atoms with E-state index in [1.807, 2.05) is 25.1 Å². The molecule has 4 heteroatoms. The second-order valence-corrected chi connectivity index (χ2v) is 7.72. The number of anilines is 1. The molecular formula is C24H24ClNO2. The average molecular weight is 394 g/mol. The number of allylic oxidation sites excluding steroid dienone is 1. The third-order valence-electron chi connectivity index (χ3n) is 5.30. The Balaban J connectivity index is 0.000000403. The molecule has 1 N–H and O–H groups in total. The van der Waals surface area contributed by atoms with Gasteiger partial charge in [0.25, 0.3) is 5.91 Å². The van der Waals surface area contributed by atoms with Crippen molar-refractivity contribution in [3.8, 4) is 23.5 Å². The van der Waals surface area contributed by atoms with Gasteiger partial charge in [-0.2, -0.15) is 0 Å². The van der Waals surface area contributed by atoms with Crippen LogP contribution in [0.25, 0.3) is 16.7 Å². The third kappa shape index (κ3) is 3.99. The quantitative estimate of drug-likeness (QED) is 0.538. The Kier molecular flexibility index (Phi) is 5.93. The molecule has 0 unspecified atom stereocenters. The van der Waals surface area contributed by atoms with Crippen LogP contribution < -0.4 is 5.32 Å². The van der Waals surface area contributed by atoms with Crippen molar-refractivity contribution in [1.29, 1.82) is 0 Å². The summed E-state index contributed by atoms with van der Waals surface area (Å²) in [5.74, 6) is 2.23. The Morgan fingerprint density at radius 3 is 2.43 bits per heavy atom. The van der Waals surface area contributed by atoms with Crippen molar-refractivity contribution in [2.45, 2.75) is 32.1 Å². The normalized spacial score (nSPS) is 17.2. The molecule has 4 rings (SSSR count). The highest BCUT2D eigenvalue weighted by Gasteiger charge is 2.38. The van der Waals surface area contributed by atoms with E-state index in [1.165, 1.54) is 18.4 Å². The van der Waals surface area contributed by atoms with Gasteiger partial charge < -0.3 is 10.1 Å². The fraction of sp³-hybridized carbons (Fsp3) is 0.292. The number of rotatable bonds is 3. The molecule has 28 heavy (non-hydrogen) atoms. The zero-order chi connectivity index (χ0) is 20.3. The number of carbonyl (C=O) groups is 1. The number of terminal acetylenes is 1. The average Bonchev–Trinajstić information content (AvgIpc) is 3.36. The maximum Gasteiger partial charge on any atom is 0.256 e. The smallest absolute Gasteiger partial charge is 0.256 e. The molecule has 1 aliphatic carbocycles. The van der Waals surface area contributed by atoms with E-state index in [1.54, 1.807) is 7.11 Å². The van der Waals surface area contributed by atoms with Crippen molar-refractivity contribution < 1.29 is 9.53 Å². The Morgan fingerprint density at radius 2 is 1.93 bits per heavy atom. The first-order valence-corrected chi connectivity index (χ1v) is 9.66. The lowest BCUT2D eigenvalue weighted by molar-refractivity contribution is -0.110. The van der Waals surface area contributed by atoms with Gasteiger partial charge in [0, 0.05) is 23.8 Å². The van der Waals surface area contributed by atoms with Crippen LogP contribution in [0.2, 0.25) is 5.02 Å². The summed E-state index contributed by atoms with van der Waals surface area (Å²) in [7, 11) is 1.57. The molecule has 1 heterocycles. The van der Waals surface area contributed by atoms with Crippen molar-refractivity contribution in [2.24, 2.45) is 0 Å². The van der Waals surface area contributed by atoms with E-state index in [0.717, 1.165) is 22.4 Å². The van der Waals surface area contributed by atoms with Crippen LogP contribution in [0.5, 0.6) is 0 Å². The summed E-state index contributed by atoms with van der Waals surface area (Å²) in [5.41, 5.74) is 6.24. The van der Waals surface area contributed by atoms with Gasteiger partial charge >= 0.3 is 0 Å². The molecule has 2 aromatic carbocycles. The molecule has 1 fully saturated rings. The Labute approximate surface area is 171 Å². The summed E-state index contributed by atoms with van der Waals surface area (Å²) in [4.78, 5) is 12.0. The minimum absolute atomic E-state index is 0.0623. The first kappa shape index (κ1) is 20.2. The van der Waals surface area contributed by atoms with Gasteiger partial charge in [0.05, 0.1) is 10.7 Å². The molecule has 0 aromatic heterocycles. The number of ether oxygens (including phenoxy) is 1. The zero-order valence-electron chi connectivity index (χ0n) is 16.4. The summed E-state index contributed by atoms with van der Waals surface area (Å²) in [6.07, 6.45) is 9.14. The number of methoxy groups -OCH3 is 1. The molecular weight excluding hydrogens is 370 g/mol. The van der Waals surface area contributed by atoms with Gasteiger partial charge in [0.2, 0.25) is 0 Å². The first-order chi connectivity index (χ1) is 13.4. The molecule has 1 amide bonds. The van der Waals surface area contributed by atoms with Crippen LogP contribution in [0, 0.1) is 12.3 Å². The Hall–Kier alpha value is -2.54. The lowest BCUT2D eigenvalue weighted by Gasteiger charge is -2.12. The number of halogens is 1. The van der Waals surface area contributed by atoms with Gasteiger partial charge in [0.1, 0.15) is 6.61 Å². The minimum Gasteiger partial charge on any atom is -0.372 e. The van der Waals surface area contributed by atoms with Gasteiger partial charge in [-0.25, -0.2) is 0 Å². The number of amides is 1. The highest BCUT2D eigenvalue weighted by atomic mass is 35.5. The Bertz CT molecular complexity index is 963. The summed E-state index contributed by atoms with van der Waals surface area (Å²) in [6, 6.07) is 12.5. The van der Waals surface area contributed by atoms with Crippen LogP contribution in [0.15, 0.2) is 42.5 Å². The number of carbonyl (C=O) groups excluding carboxylic acids is 1. The fourth-order valence-electron chi connectivity index (χ4n) is 3.33. The van der Waals surface area contributed by atoms with Crippen molar-refractivity contribution in [3.05, 3.63) is 58.6 Å². The number of hydrogen-bond donors (Lipinski definition) is 1. The molecule has 0 saturated heterocycles. The molecule has 2 aromatic rings. The van der Waals surface area contributed by atoms with Crippen LogP contribution in [-0.2, 0) is 14.9 Å². The van der Waals surface area contributed by atoms with E-state index in [2.05, 4.69) is 47.2 Å². The molecule has 3 nitrogen and oxygen atoms in total. The van der Waals surface area contributed by atoms with Crippen molar-refractivity contribution >= 4 is 28.8 Å². The van der Waals surface area contributed by atoms with E-state index in [9.17, 15) is 4.79 Å². The van der Waals surface area contributed by atoms with Crippen molar-refractivity contribution in [2.75, 3.05) is 19.0 Å². The predicted molar refractivity (Wildman–Crippen MR) is 116 cm³/mol. The summed E-state index contributed by atoms with van der Waals surface area (Å²) in [6.45, 7) is 4.60. The van der Waals surface area contributed by atoms with Crippen LogP contribution in [0.1, 0.15) is 37.8 Å². The molecule has 2 aliphatic rings. The van der Waals surface area contributed by atoms with E-state index in [0.29, 0.717) is 22.6 Å².